The van der Waals surface area contributed by atoms with Gasteiger partial charge in [-0.2, -0.15) is 0 Å². The van der Waals surface area contributed by atoms with Crippen LogP contribution in [0, 0.1) is 11.3 Å². The van der Waals surface area contributed by atoms with Crippen LogP contribution in [0.5, 0.6) is 0 Å². The van der Waals surface area contributed by atoms with E-state index in [2.05, 4.69) is 24.1 Å². The van der Waals surface area contributed by atoms with Gasteiger partial charge in [0.2, 0.25) is 0 Å². The van der Waals surface area contributed by atoms with Gasteiger partial charge in [-0.25, -0.2) is 0 Å². The van der Waals surface area contributed by atoms with E-state index in [9.17, 15) is 0 Å². The van der Waals surface area contributed by atoms with Crippen molar-refractivity contribution in [1.29, 1.82) is 0 Å². The Labute approximate surface area is 107 Å². The van der Waals surface area contributed by atoms with Crippen LogP contribution >= 0.6 is 12.4 Å². The molecule has 0 aromatic rings. The monoisotopic (exact) mass is 246 g/mol. The zero-order chi connectivity index (χ0) is 10.7. The minimum Gasteiger partial charge on any atom is -0.317 e. The average Bonchev–Trinajstić information content (AvgIpc) is 2.17. The van der Waals surface area contributed by atoms with Crippen LogP contribution < -0.4 is 5.32 Å². The van der Waals surface area contributed by atoms with Crippen LogP contribution in [-0.4, -0.2) is 37.6 Å². The molecule has 2 rings (SSSR count). The van der Waals surface area contributed by atoms with Gasteiger partial charge < -0.3 is 10.2 Å². The molecule has 0 aromatic heterocycles. The number of nitrogens with one attached hydrogen (secondary N) is 1. The zero-order valence-electron chi connectivity index (χ0n) is 10.8. The minimum absolute atomic E-state index is 0. The summed E-state index contributed by atoms with van der Waals surface area (Å²) in [7, 11) is 0. The first-order valence-corrected chi connectivity index (χ1v) is 6.59. The number of likely N-dealkylation sites (tertiary alicyclic amines) is 1. The third kappa shape index (κ3) is 4.23. The van der Waals surface area contributed by atoms with Gasteiger partial charge in [-0.1, -0.05) is 13.8 Å². The fourth-order valence-electron chi connectivity index (χ4n) is 3.13. The van der Waals surface area contributed by atoms with Crippen molar-refractivity contribution in [3.8, 4) is 0 Å². The molecule has 2 aliphatic heterocycles. The van der Waals surface area contributed by atoms with Crippen molar-refractivity contribution in [2.75, 3.05) is 32.7 Å². The highest BCUT2D eigenvalue weighted by Gasteiger charge is 2.27. The van der Waals surface area contributed by atoms with Crippen molar-refractivity contribution in [3.63, 3.8) is 0 Å². The fraction of sp³-hybridized carbons (Fsp3) is 1.00. The van der Waals surface area contributed by atoms with Gasteiger partial charge in [0.1, 0.15) is 0 Å². The first-order valence-electron chi connectivity index (χ1n) is 6.59. The Morgan fingerprint density at radius 1 is 1.25 bits per heavy atom. The zero-order valence-corrected chi connectivity index (χ0v) is 11.6. The molecule has 2 saturated heterocycles. The molecule has 2 fully saturated rings. The van der Waals surface area contributed by atoms with Gasteiger partial charge in [-0.3, -0.25) is 0 Å². The molecule has 3 heteroatoms. The number of nitrogens with zero attached hydrogens (tertiary/aromatic N) is 1. The third-order valence-corrected chi connectivity index (χ3v) is 3.95. The third-order valence-electron chi connectivity index (χ3n) is 3.95. The van der Waals surface area contributed by atoms with E-state index in [1.807, 2.05) is 0 Å². The number of piperidine rings is 2. The van der Waals surface area contributed by atoms with Crippen LogP contribution in [0.1, 0.15) is 39.5 Å². The molecule has 0 amide bonds. The van der Waals surface area contributed by atoms with Gasteiger partial charge in [0.25, 0.3) is 0 Å². The molecule has 2 nitrogen and oxygen atoms in total. The molecule has 0 spiro atoms. The summed E-state index contributed by atoms with van der Waals surface area (Å²) in [5.41, 5.74) is 0.561. The lowest BCUT2D eigenvalue weighted by atomic mass is 9.83. The van der Waals surface area contributed by atoms with Crippen LogP contribution in [0.15, 0.2) is 0 Å². The maximum Gasteiger partial charge on any atom is 0.00328 e. The lowest BCUT2D eigenvalue weighted by molar-refractivity contribution is 0.0954. The van der Waals surface area contributed by atoms with Crippen molar-refractivity contribution in [2.24, 2.45) is 11.3 Å². The summed E-state index contributed by atoms with van der Waals surface area (Å²) in [5.74, 6) is 0.958. The van der Waals surface area contributed by atoms with E-state index in [0.717, 1.165) is 5.92 Å². The second-order valence-corrected chi connectivity index (χ2v) is 6.20. The summed E-state index contributed by atoms with van der Waals surface area (Å²) >= 11 is 0. The Balaban J connectivity index is 0.00000128. The van der Waals surface area contributed by atoms with Gasteiger partial charge in [0, 0.05) is 13.1 Å². The molecular weight excluding hydrogens is 220 g/mol. The number of rotatable bonds is 2. The van der Waals surface area contributed by atoms with E-state index in [0.29, 0.717) is 5.41 Å². The van der Waals surface area contributed by atoms with Crippen molar-refractivity contribution in [3.05, 3.63) is 0 Å². The molecule has 0 saturated carbocycles. The average molecular weight is 247 g/mol. The van der Waals surface area contributed by atoms with Crippen LogP contribution in [0.25, 0.3) is 0 Å². The second-order valence-electron chi connectivity index (χ2n) is 6.20. The van der Waals surface area contributed by atoms with Crippen molar-refractivity contribution >= 4 is 12.4 Å². The Morgan fingerprint density at radius 3 is 2.56 bits per heavy atom. The van der Waals surface area contributed by atoms with Gasteiger partial charge in [0.05, 0.1) is 0 Å². The number of hydrogen-bond donors (Lipinski definition) is 1. The van der Waals surface area contributed by atoms with E-state index in [1.165, 1.54) is 58.4 Å². The molecule has 1 N–H and O–H groups in total. The Kier molecular flexibility index (Phi) is 5.55. The molecule has 0 bridgehead atoms. The lowest BCUT2D eigenvalue weighted by Gasteiger charge is -2.40. The molecule has 2 heterocycles. The van der Waals surface area contributed by atoms with Crippen molar-refractivity contribution in [2.45, 2.75) is 39.5 Å². The first-order chi connectivity index (χ1) is 7.16. The summed E-state index contributed by atoms with van der Waals surface area (Å²) in [6.45, 7) is 11.3. The molecule has 0 aromatic carbocycles. The SMILES string of the molecule is CC1(C)CCCN(CC2CCNCC2)C1.Cl. The largest absolute Gasteiger partial charge is 0.317 e. The maximum absolute atomic E-state index is 3.45. The van der Waals surface area contributed by atoms with E-state index in [4.69, 9.17) is 0 Å². The molecule has 2 aliphatic rings. The predicted molar refractivity (Wildman–Crippen MR) is 72.3 cm³/mol. The summed E-state index contributed by atoms with van der Waals surface area (Å²) in [6, 6.07) is 0. The van der Waals surface area contributed by atoms with E-state index in [1.54, 1.807) is 0 Å². The normalized spacial score (nSPS) is 27.4. The minimum atomic E-state index is 0. The molecule has 96 valence electrons. The second kappa shape index (κ2) is 6.23. The highest BCUT2D eigenvalue weighted by atomic mass is 35.5. The first kappa shape index (κ1) is 14.3. The summed E-state index contributed by atoms with van der Waals surface area (Å²) in [4.78, 5) is 2.71. The molecule has 16 heavy (non-hydrogen) atoms. The predicted octanol–water partition coefficient (Wildman–Crippen LogP) is 2.53. The van der Waals surface area contributed by atoms with Crippen LogP contribution in [0.4, 0.5) is 0 Å². The Morgan fingerprint density at radius 2 is 1.94 bits per heavy atom. The van der Waals surface area contributed by atoms with Gasteiger partial charge >= 0.3 is 0 Å². The van der Waals surface area contributed by atoms with E-state index < -0.39 is 0 Å². The Bertz CT molecular complexity index is 200. The van der Waals surface area contributed by atoms with Gasteiger partial charge in [-0.15, -0.1) is 12.4 Å². The Hall–Kier alpha value is 0.210. The number of hydrogen-bond acceptors (Lipinski definition) is 2. The molecule has 0 atom stereocenters. The summed E-state index contributed by atoms with van der Waals surface area (Å²) < 4.78 is 0. The highest BCUT2D eigenvalue weighted by molar-refractivity contribution is 5.85. The number of halogens is 1. The van der Waals surface area contributed by atoms with E-state index >= 15 is 0 Å². The molecule has 0 radical (unpaired) electrons. The molecule has 0 unspecified atom stereocenters. The maximum atomic E-state index is 3.45. The fourth-order valence-corrected chi connectivity index (χ4v) is 3.13. The summed E-state index contributed by atoms with van der Waals surface area (Å²) in [6.07, 6.45) is 5.58. The molecular formula is C13H27ClN2. The standard InChI is InChI=1S/C13H26N2.ClH/c1-13(2)6-3-9-15(11-13)10-12-4-7-14-8-5-12;/h12,14H,3-11H2,1-2H3;1H. The highest BCUT2D eigenvalue weighted by Crippen LogP contribution is 2.29. The summed E-state index contributed by atoms with van der Waals surface area (Å²) in [5, 5.41) is 3.45. The van der Waals surface area contributed by atoms with Crippen molar-refractivity contribution < 1.29 is 0 Å². The van der Waals surface area contributed by atoms with Gasteiger partial charge in [0.15, 0.2) is 0 Å². The molecule has 0 aliphatic carbocycles. The van der Waals surface area contributed by atoms with Crippen LogP contribution in [0.3, 0.4) is 0 Å². The van der Waals surface area contributed by atoms with Crippen molar-refractivity contribution in [1.82, 2.24) is 10.2 Å². The quantitative estimate of drug-likeness (QED) is 0.806. The lowest BCUT2D eigenvalue weighted by Crippen LogP contribution is -2.44. The topological polar surface area (TPSA) is 15.3 Å². The van der Waals surface area contributed by atoms with Gasteiger partial charge in [-0.05, 0) is 56.7 Å². The van der Waals surface area contributed by atoms with E-state index in [-0.39, 0.29) is 12.4 Å². The smallest absolute Gasteiger partial charge is 0.00328 e. The van der Waals surface area contributed by atoms with Crippen LogP contribution in [0.2, 0.25) is 0 Å². The van der Waals surface area contributed by atoms with Crippen LogP contribution in [-0.2, 0) is 0 Å².